The van der Waals surface area contributed by atoms with Gasteiger partial charge in [-0.2, -0.15) is 0 Å². The Morgan fingerprint density at radius 2 is 1.81 bits per heavy atom. The number of hydrogen-bond donors (Lipinski definition) is 0. The van der Waals surface area contributed by atoms with Crippen LogP contribution in [-0.2, 0) is 20.8 Å². The van der Waals surface area contributed by atoms with Gasteiger partial charge in [0.2, 0.25) is 0 Å². The molecule has 1 saturated heterocycles. The van der Waals surface area contributed by atoms with Crippen LogP contribution >= 0.6 is 11.3 Å². The van der Waals surface area contributed by atoms with E-state index < -0.39 is 17.8 Å². The maximum absolute atomic E-state index is 12.2. The number of thiazole rings is 1. The summed E-state index contributed by atoms with van der Waals surface area (Å²) in [4.78, 5) is 48.1. The number of hydrogen-bond acceptors (Lipinski definition) is 8. The normalized spacial score (nSPS) is 16.8. The van der Waals surface area contributed by atoms with Gasteiger partial charge in [-0.1, -0.05) is 17.2 Å². The predicted molar refractivity (Wildman–Crippen MR) is 91.9 cm³/mol. The Kier molecular flexibility index (Phi) is 4.39. The highest BCUT2D eigenvalue weighted by molar-refractivity contribution is 7.13. The molecule has 0 saturated carbocycles. The minimum atomic E-state index is -0.710. The van der Waals surface area contributed by atoms with Gasteiger partial charge in [0.15, 0.2) is 5.13 Å². The smallest absolute Gasteiger partial charge is 0.339 e. The molecule has 0 spiro atoms. The number of ether oxygens (including phenoxy) is 1. The Balaban J connectivity index is 1.40. The number of fused-ring (bicyclic) bond motifs is 1. The molecule has 1 fully saturated rings. The molecule has 2 amide bonds. The van der Waals surface area contributed by atoms with Gasteiger partial charge in [0.25, 0.3) is 11.8 Å². The summed E-state index contributed by atoms with van der Waals surface area (Å²) >= 11 is 1.44. The highest BCUT2D eigenvalue weighted by Gasteiger charge is 2.38. The summed E-state index contributed by atoms with van der Waals surface area (Å²) in [5.41, 5.74) is 1.00. The summed E-state index contributed by atoms with van der Waals surface area (Å²) in [6.07, 6.45) is -0.117. The Morgan fingerprint density at radius 3 is 2.46 bits per heavy atom. The number of carbonyl (C=O) groups is 3. The lowest BCUT2D eigenvalue weighted by Gasteiger charge is -2.26. The summed E-state index contributed by atoms with van der Waals surface area (Å²) in [6.45, 7) is 2.81. The van der Waals surface area contributed by atoms with Gasteiger partial charge in [0.1, 0.15) is 0 Å². The number of aromatic nitrogens is 1. The predicted octanol–water partition coefficient (Wildman–Crippen LogP) is 1.28. The highest BCUT2D eigenvalue weighted by atomic mass is 32.1. The Hall–Kier alpha value is -2.78. The molecule has 0 radical (unpaired) electrons. The topological polar surface area (TPSA) is 89.0 Å². The molecule has 2 aliphatic heterocycles. The molecule has 0 bridgehead atoms. The largest absolute Gasteiger partial charge is 0.378 e. The average molecular weight is 373 g/mol. The summed E-state index contributed by atoms with van der Waals surface area (Å²) in [6, 6.07) is 6.35. The molecule has 8 nitrogen and oxygen atoms in total. The van der Waals surface area contributed by atoms with E-state index in [0.29, 0.717) is 24.0 Å². The monoisotopic (exact) mass is 373 g/mol. The molecule has 4 rings (SSSR count). The van der Waals surface area contributed by atoms with Crippen molar-refractivity contribution in [3.63, 3.8) is 0 Å². The SMILES string of the molecule is O=C(Cc1csc(N2CCOCC2)n1)ON1C(=O)c2ccccc2C1=O. The van der Waals surface area contributed by atoms with Crippen LogP contribution in [-0.4, -0.2) is 54.1 Å². The molecular weight excluding hydrogens is 358 g/mol. The number of hydroxylamine groups is 2. The number of imide groups is 1. The van der Waals surface area contributed by atoms with Crippen molar-refractivity contribution >= 4 is 34.3 Å². The van der Waals surface area contributed by atoms with E-state index in [-0.39, 0.29) is 17.5 Å². The van der Waals surface area contributed by atoms with Gasteiger partial charge in [-0.05, 0) is 12.1 Å². The van der Waals surface area contributed by atoms with Crippen molar-refractivity contribution in [2.75, 3.05) is 31.2 Å². The van der Waals surface area contributed by atoms with Crippen molar-refractivity contribution in [1.29, 1.82) is 0 Å². The number of morpholine rings is 1. The third kappa shape index (κ3) is 3.06. The molecule has 9 heteroatoms. The van der Waals surface area contributed by atoms with Crippen LogP contribution in [0.25, 0.3) is 0 Å². The van der Waals surface area contributed by atoms with Crippen molar-refractivity contribution in [2.24, 2.45) is 0 Å². The van der Waals surface area contributed by atoms with Crippen molar-refractivity contribution in [1.82, 2.24) is 10.0 Å². The zero-order valence-corrected chi connectivity index (χ0v) is 14.5. The molecule has 134 valence electrons. The summed E-state index contributed by atoms with van der Waals surface area (Å²) in [5.74, 6) is -1.98. The lowest BCUT2D eigenvalue weighted by molar-refractivity contribution is -0.167. The van der Waals surface area contributed by atoms with Crippen LogP contribution in [0.5, 0.6) is 0 Å². The average Bonchev–Trinajstić information content (AvgIpc) is 3.22. The number of nitrogens with zero attached hydrogens (tertiary/aromatic N) is 3. The molecule has 0 atom stereocenters. The van der Waals surface area contributed by atoms with E-state index in [9.17, 15) is 14.4 Å². The van der Waals surface area contributed by atoms with Crippen molar-refractivity contribution in [2.45, 2.75) is 6.42 Å². The van der Waals surface area contributed by atoms with Crippen LogP contribution in [0.3, 0.4) is 0 Å². The lowest BCUT2D eigenvalue weighted by atomic mass is 10.1. The molecule has 26 heavy (non-hydrogen) atoms. The fraction of sp³-hybridized carbons (Fsp3) is 0.294. The molecule has 0 unspecified atom stereocenters. The van der Waals surface area contributed by atoms with Crippen LogP contribution in [0, 0.1) is 0 Å². The molecular formula is C17H15N3O5S. The molecule has 3 heterocycles. The van der Waals surface area contributed by atoms with E-state index in [0.717, 1.165) is 18.2 Å². The van der Waals surface area contributed by atoms with E-state index in [1.807, 2.05) is 0 Å². The first kappa shape index (κ1) is 16.7. The quantitative estimate of drug-likeness (QED) is 0.746. The number of rotatable bonds is 4. The van der Waals surface area contributed by atoms with Gasteiger partial charge in [-0.25, -0.2) is 9.78 Å². The molecule has 1 aromatic heterocycles. The Labute approximate surface area is 152 Å². The minimum absolute atomic E-state index is 0.117. The van der Waals surface area contributed by atoms with Gasteiger partial charge in [-0.3, -0.25) is 9.59 Å². The van der Waals surface area contributed by atoms with Crippen LogP contribution in [0.1, 0.15) is 26.4 Å². The van der Waals surface area contributed by atoms with Gasteiger partial charge in [-0.15, -0.1) is 11.3 Å². The first-order valence-corrected chi connectivity index (χ1v) is 8.97. The van der Waals surface area contributed by atoms with E-state index in [2.05, 4.69) is 9.88 Å². The molecule has 1 aromatic carbocycles. The van der Waals surface area contributed by atoms with Crippen molar-refractivity contribution in [3.05, 3.63) is 46.5 Å². The zero-order chi connectivity index (χ0) is 18.1. The lowest BCUT2D eigenvalue weighted by Crippen LogP contribution is -2.36. The number of carbonyl (C=O) groups excluding carboxylic acids is 3. The summed E-state index contributed by atoms with van der Waals surface area (Å²) in [5, 5.41) is 3.10. The second-order valence-electron chi connectivity index (χ2n) is 5.81. The summed E-state index contributed by atoms with van der Waals surface area (Å²) < 4.78 is 5.31. The van der Waals surface area contributed by atoms with Gasteiger partial charge in [0, 0.05) is 18.5 Å². The van der Waals surface area contributed by atoms with Crippen molar-refractivity contribution in [3.8, 4) is 0 Å². The Bertz CT molecular complexity index is 840. The molecule has 2 aliphatic rings. The van der Waals surface area contributed by atoms with Crippen LogP contribution in [0.15, 0.2) is 29.6 Å². The van der Waals surface area contributed by atoms with E-state index >= 15 is 0 Å². The fourth-order valence-electron chi connectivity index (χ4n) is 2.81. The molecule has 2 aromatic rings. The van der Waals surface area contributed by atoms with Crippen LogP contribution < -0.4 is 4.90 Å². The third-order valence-corrected chi connectivity index (χ3v) is 5.05. The number of anilines is 1. The molecule has 0 N–H and O–H groups in total. The highest BCUT2D eigenvalue weighted by Crippen LogP contribution is 2.24. The van der Waals surface area contributed by atoms with Gasteiger partial charge < -0.3 is 14.5 Å². The minimum Gasteiger partial charge on any atom is -0.378 e. The maximum atomic E-state index is 12.2. The van der Waals surface area contributed by atoms with E-state index in [1.54, 1.807) is 17.5 Å². The van der Waals surface area contributed by atoms with Crippen LogP contribution in [0.2, 0.25) is 0 Å². The first-order chi connectivity index (χ1) is 12.6. The maximum Gasteiger partial charge on any atom is 0.339 e. The standard InChI is InChI=1S/C17H15N3O5S/c21-14(9-11-10-26-17(18-11)19-5-7-24-8-6-19)25-20-15(22)12-3-1-2-4-13(12)16(20)23/h1-4,10H,5-9H2. The van der Waals surface area contributed by atoms with Crippen LogP contribution in [0.4, 0.5) is 5.13 Å². The summed E-state index contributed by atoms with van der Waals surface area (Å²) in [7, 11) is 0. The first-order valence-electron chi connectivity index (χ1n) is 8.09. The zero-order valence-electron chi connectivity index (χ0n) is 13.7. The van der Waals surface area contributed by atoms with Gasteiger partial charge >= 0.3 is 5.97 Å². The second-order valence-corrected chi connectivity index (χ2v) is 6.65. The third-order valence-electron chi connectivity index (χ3n) is 4.10. The van der Waals surface area contributed by atoms with E-state index in [4.69, 9.17) is 9.57 Å². The molecule has 0 aliphatic carbocycles. The fourth-order valence-corrected chi connectivity index (χ4v) is 3.69. The van der Waals surface area contributed by atoms with Crippen molar-refractivity contribution < 1.29 is 24.0 Å². The van der Waals surface area contributed by atoms with E-state index in [1.165, 1.54) is 23.5 Å². The van der Waals surface area contributed by atoms with Gasteiger partial charge in [0.05, 0.1) is 36.5 Å². The second kappa shape index (κ2) is 6.85. The number of benzene rings is 1. The Morgan fingerprint density at radius 1 is 1.15 bits per heavy atom. The number of amides is 2.